The van der Waals surface area contributed by atoms with Crippen molar-refractivity contribution in [1.82, 2.24) is 10.2 Å². The van der Waals surface area contributed by atoms with E-state index in [2.05, 4.69) is 10.2 Å². The number of ether oxygens (including phenoxy) is 2. The van der Waals surface area contributed by atoms with Crippen molar-refractivity contribution < 1.29 is 14.3 Å². The summed E-state index contributed by atoms with van der Waals surface area (Å²) in [7, 11) is 3.24. The molecule has 1 amide bonds. The number of methoxy groups -OCH3 is 2. The Hall–Kier alpha value is -2.77. The largest absolute Gasteiger partial charge is 0.497 e. The summed E-state index contributed by atoms with van der Waals surface area (Å²) in [6.45, 7) is 2.80. The van der Waals surface area contributed by atoms with Crippen LogP contribution >= 0.6 is 11.3 Å². The maximum atomic E-state index is 13.0. The molecule has 0 bridgehead atoms. The van der Waals surface area contributed by atoms with E-state index in [-0.39, 0.29) is 5.91 Å². The first-order valence-corrected chi connectivity index (χ1v) is 9.29. The third-order valence-electron chi connectivity index (χ3n) is 4.04. The van der Waals surface area contributed by atoms with Crippen molar-refractivity contribution >= 4 is 22.4 Å². The first-order chi connectivity index (χ1) is 13.1. The minimum absolute atomic E-state index is 0.121. The van der Waals surface area contributed by atoms with Gasteiger partial charge in [-0.3, -0.25) is 9.69 Å². The number of hydrogen-bond acceptors (Lipinski definition) is 6. The first-order valence-electron chi connectivity index (χ1n) is 8.48. The van der Waals surface area contributed by atoms with Gasteiger partial charge in [-0.25, -0.2) is 0 Å². The zero-order valence-electron chi connectivity index (χ0n) is 15.5. The number of rotatable bonds is 7. The number of hydrogen-bond donors (Lipinski definition) is 0. The van der Waals surface area contributed by atoms with Crippen molar-refractivity contribution in [3.8, 4) is 16.3 Å². The molecule has 0 unspecified atom stereocenters. The molecule has 0 aliphatic rings. The van der Waals surface area contributed by atoms with Crippen LogP contribution in [0.25, 0.3) is 10.6 Å². The quantitative estimate of drug-likeness (QED) is 0.621. The molecule has 3 rings (SSSR count). The van der Waals surface area contributed by atoms with E-state index in [0.29, 0.717) is 23.8 Å². The van der Waals surface area contributed by atoms with Gasteiger partial charge < -0.3 is 9.47 Å². The van der Waals surface area contributed by atoms with Crippen LogP contribution < -0.4 is 9.64 Å². The normalized spacial score (nSPS) is 10.6. The van der Waals surface area contributed by atoms with Gasteiger partial charge in [0.15, 0.2) is 0 Å². The number of carbonyl (C=O) groups is 1. The van der Waals surface area contributed by atoms with Crippen LogP contribution in [0.1, 0.15) is 15.9 Å². The summed E-state index contributed by atoms with van der Waals surface area (Å²) in [6.07, 6.45) is 0. The van der Waals surface area contributed by atoms with Crippen molar-refractivity contribution in [3.63, 3.8) is 0 Å². The van der Waals surface area contributed by atoms with Crippen LogP contribution in [-0.4, -0.2) is 43.5 Å². The maximum Gasteiger partial charge on any atom is 0.260 e. The Kier molecular flexibility index (Phi) is 6.16. The average Bonchev–Trinajstić information content (AvgIpc) is 3.18. The van der Waals surface area contributed by atoms with Gasteiger partial charge in [0.2, 0.25) is 5.13 Å². The van der Waals surface area contributed by atoms with E-state index >= 15 is 0 Å². The maximum absolute atomic E-state index is 13.0. The van der Waals surface area contributed by atoms with Crippen LogP contribution in [0.3, 0.4) is 0 Å². The number of carbonyl (C=O) groups excluding carboxylic acids is 1. The molecule has 0 saturated heterocycles. The molecule has 2 aromatic carbocycles. The van der Waals surface area contributed by atoms with Gasteiger partial charge in [0.25, 0.3) is 5.91 Å². The van der Waals surface area contributed by atoms with E-state index in [1.54, 1.807) is 19.1 Å². The van der Waals surface area contributed by atoms with Crippen LogP contribution in [0.5, 0.6) is 5.75 Å². The molecule has 1 aromatic heterocycles. The number of aryl methyl sites for hydroxylation is 1. The summed E-state index contributed by atoms with van der Waals surface area (Å²) in [5, 5.41) is 9.78. The van der Waals surface area contributed by atoms with Crippen LogP contribution in [0.2, 0.25) is 0 Å². The lowest BCUT2D eigenvalue weighted by Gasteiger charge is -2.19. The molecule has 0 fully saturated rings. The summed E-state index contributed by atoms with van der Waals surface area (Å²) < 4.78 is 10.3. The minimum Gasteiger partial charge on any atom is -0.497 e. The highest BCUT2D eigenvalue weighted by Gasteiger charge is 2.21. The van der Waals surface area contributed by atoms with Gasteiger partial charge in [0.05, 0.1) is 20.3 Å². The molecule has 0 aliphatic heterocycles. The van der Waals surface area contributed by atoms with Crippen molar-refractivity contribution in [1.29, 1.82) is 0 Å². The minimum atomic E-state index is -0.121. The lowest BCUT2D eigenvalue weighted by molar-refractivity contribution is 0.0975. The fourth-order valence-corrected chi connectivity index (χ4v) is 3.37. The highest BCUT2D eigenvalue weighted by atomic mass is 32.1. The first kappa shape index (κ1) is 19.0. The van der Waals surface area contributed by atoms with Crippen LogP contribution in [0, 0.1) is 6.92 Å². The zero-order valence-corrected chi connectivity index (χ0v) is 16.3. The van der Waals surface area contributed by atoms with Gasteiger partial charge in [-0.2, -0.15) is 0 Å². The summed E-state index contributed by atoms with van der Waals surface area (Å²) >= 11 is 1.37. The number of nitrogens with zero attached hydrogens (tertiary/aromatic N) is 3. The highest BCUT2D eigenvalue weighted by Crippen LogP contribution is 2.30. The van der Waals surface area contributed by atoms with Crippen molar-refractivity contribution in [2.24, 2.45) is 0 Å². The molecule has 1 heterocycles. The van der Waals surface area contributed by atoms with Gasteiger partial charge in [-0.1, -0.05) is 29.0 Å². The van der Waals surface area contributed by atoms with E-state index in [1.165, 1.54) is 11.3 Å². The molecule has 7 heteroatoms. The lowest BCUT2D eigenvalue weighted by Crippen LogP contribution is -2.33. The summed E-state index contributed by atoms with van der Waals surface area (Å²) in [6, 6.07) is 15.1. The molecule has 0 saturated carbocycles. The van der Waals surface area contributed by atoms with E-state index < -0.39 is 0 Å². The average molecular weight is 383 g/mol. The molecule has 140 valence electrons. The molecular weight excluding hydrogens is 362 g/mol. The van der Waals surface area contributed by atoms with Crippen molar-refractivity contribution in [2.45, 2.75) is 6.92 Å². The third kappa shape index (κ3) is 4.50. The second-order valence-corrected chi connectivity index (χ2v) is 6.89. The smallest absolute Gasteiger partial charge is 0.260 e. The molecule has 27 heavy (non-hydrogen) atoms. The summed E-state index contributed by atoms with van der Waals surface area (Å²) in [5.41, 5.74) is 2.64. The van der Waals surface area contributed by atoms with Crippen molar-refractivity contribution in [2.75, 3.05) is 32.3 Å². The Morgan fingerprint density at radius 2 is 1.74 bits per heavy atom. The van der Waals surface area contributed by atoms with Gasteiger partial charge >= 0.3 is 0 Å². The lowest BCUT2D eigenvalue weighted by atomic mass is 10.1. The van der Waals surface area contributed by atoms with Gasteiger partial charge in [-0.15, -0.1) is 10.2 Å². The van der Waals surface area contributed by atoms with E-state index in [9.17, 15) is 4.79 Å². The Morgan fingerprint density at radius 3 is 2.37 bits per heavy atom. The Labute approximate surface area is 162 Å². The van der Waals surface area contributed by atoms with Gasteiger partial charge in [0, 0.05) is 18.2 Å². The number of anilines is 1. The van der Waals surface area contributed by atoms with Crippen LogP contribution in [0.4, 0.5) is 5.13 Å². The van der Waals surface area contributed by atoms with E-state index in [0.717, 1.165) is 21.9 Å². The second kappa shape index (κ2) is 8.75. The van der Waals surface area contributed by atoms with Gasteiger partial charge in [0.1, 0.15) is 10.8 Å². The molecule has 0 spiro atoms. The number of amides is 1. The molecule has 0 radical (unpaired) electrons. The topological polar surface area (TPSA) is 64.5 Å². The summed E-state index contributed by atoms with van der Waals surface area (Å²) in [4.78, 5) is 14.6. The van der Waals surface area contributed by atoms with Crippen LogP contribution in [-0.2, 0) is 4.74 Å². The van der Waals surface area contributed by atoms with Gasteiger partial charge in [-0.05, 0) is 43.3 Å². The Morgan fingerprint density at radius 1 is 1.04 bits per heavy atom. The Bertz CT molecular complexity index is 892. The predicted octanol–water partition coefficient (Wildman–Crippen LogP) is 3.82. The van der Waals surface area contributed by atoms with E-state index in [4.69, 9.17) is 9.47 Å². The fraction of sp³-hybridized carbons (Fsp3) is 0.250. The molecule has 0 aliphatic carbocycles. The standard InChI is InChI=1S/C20H21N3O3S/c1-14-4-6-16(7-5-14)19(24)23(12-13-25-2)20-22-21-18(27-20)15-8-10-17(26-3)11-9-15/h4-11H,12-13H2,1-3H3. The second-order valence-electron chi connectivity index (χ2n) is 5.93. The highest BCUT2D eigenvalue weighted by molar-refractivity contribution is 7.18. The molecule has 0 atom stereocenters. The van der Waals surface area contributed by atoms with Crippen molar-refractivity contribution in [3.05, 3.63) is 59.7 Å². The predicted molar refractivity (Wildman–Crippen MR) is 107 cm³/mol. The monoisotopic (exact) mass is 383 g/mol. The van der Waals surface area contributed by atoms with Crippen LogP contribution in [0.15, 0.2) is 48.5 Å². The van der Waals surface area contributed by atoms with E-state index in [1.807, 2.05) is 55.5 Å². The zero-order chi connectivity index (χ0) is 19.2. The molecule has 6 nitrogen and oxygen atoms in total. The Balaban J connectivity index is 1.87. The SMILES string of the molecule is COCCN(C(=O)c1ccc(C)cc1)c1nnc(-c2ccc(OC)cc2)s1. The number of benzene rings is 2. The molecular formula is C20H21N3O3S. The molecule has 3 aromatic rings. The molecule has 0 N–H and O–H groups in total. The number of aromatic nitrogens is 2. The third-order valence-corrected chi connectivity index (χ3v) is 5.04. The fourth-order valence-electron chi connectivity index (χ4n) is 2.49. The summed E-state index contributed by atoms with van der Waals surface area (Å²) in [5.74, 6) is 0.657.